The van der Waals surface area contributed by atoms with E-state index in [1.807, 2.05) is 37.3 Å². The maximum Gasteiger partial charge on any atom is 0.274 e. The second-order valence-corrected chi connectivity index (χ2v) is 5.17. The highest BCUT2D eigenvalue weighted by atomic mass is 127. The Morgan fingerprint density at radius 1 is 1.26 bits per heavy atom. The lowest BCUT2D eigenvalue weighted by Crippen LogP contribution is -2.13. The number of hydrogen-bond acceptors (Lipinski definition) is 3. The number of rotatable bonds is 4. The molecule has 19 heavy (non-hydrogen) atoms. The number of carbonyl (C=O) groups is 1. The van der Waals surface area contributed by atoms with Crippen molar-refractivity contribution in [1.82, 2.24) is 4.98 Å². The third-order valence-corrected chi connectivity index (χ3v) is 3.13. The molecule has 0 spiro atoms. The Balaban J connectivity index is 2.07. The average molecular weight is 367 g/mol. The van der Waals surface area contributed by atoms with Gasteiger partial charge in [-0.05, 0) is 59.8 Å². The van der Waals surface area contributed by atoms with Crippen LogP contribution in [0.2, 0.25) is 0 Å². The largest absolute Gasteiger partial charge is 0.384 e. The molecule has 0 unspecified atom stereocenters. The predicted molar refractivity (Wildman–Crippen MR) is 85.5 cm³/mol. The monoisotopic (exact) mass is 367 g/mol. The molecule has 1 amide bonds. The van der Waals surface area contributed by atoms with Gasteiger partial charge in [-0.3, -0.25) is 4.79 Å². The lowest BCUT2D eigenvalue weighted by molar-refractivity contribution is 0.102. The van der Waals surface area contributed by atoms with Crippen LogP contribution in [0.1, 0.15) is 17.4 Å². The van der Waals surface area contributed by atoms with Crippen LogP contribution in [0.15, 0.2) is 42.6 Å². The van der Waals surface area contributed by atoms with Crippen molar-refractivity contribution >= 4 is 39.9 Å². The van der Waals surface area contributed by atoms with Gasteiger partial charge in [0.15, 0.2) is 0 Å². The summed E-state index contributed by atoms with van der Waals surface area (Å²) >= 11 is 2.21. The van der Waals surface area contributed by atoms with Crippen molar-refractivity contribution in [2.24, 2.45) is 0 Å². The Morgan fingerprint density at radius 3 is 2.74 bits per heavy atom. The lowest BCUT2D eigenvalue weighted by atomic mass is 10.3. The van der Waals surface area contributed by atoms with Gasteiger partial charge in [0.1, 0.15) is 5.69 Å². The first-order chi connectivity index (χ1) is 9.19. The number of hydrogen-bond donors (Lipinski definition) is 2. The van der Waals surface area contributed by atoms with Crippen LogP contribution in [-0.2, 0) is 0 Å². The van der Waals surface area contributed by atoms with Crippen LogP contribution in [-0.4, -0.2) is 17.4 Å². The second-order valence-electron chi connectivity index (χ2n) is 3.93. The highest BCUT2D eigenvalue weighted by Gasteiger charge is 2.07. The number of amides is 1. The molecule has 0 aliphatic rings. The lowest BCUT2D eigenvalue weighted by Gasteiger charge is -2.06. The molecule has 0 atom stereocenters. The molecular weight excluding hydrogens is 353 g/mol. The van der Waals surface area contributed by atoms with Crippen molar-refractivity contribution in [3.63, 3.8) is 0 Å². The van der Waals surface area contributed by atoms with Crippen molar-refractivity contribution in [1.29, 1.82) is 0 Å². The first-order valence-corrected chi connectivity index (χ1v) is 7.04. The Bertz CT molecular complexity index is 569. The zero-order chi connectivity index (χ0) is 13.7. The van der Waals surface area contributed by atoms with Gasteiger partial charge < -0.3 is 10.6 Å². The fourth-order valence-electron chi connectivity index (χ4n) is 1.60. The van der Waals surface area contributed by atoms with Gasteiger partial charge in [0, 0.05) is 15.8 Å². The molecule has 0 bridgehead atoms. The van der Waals surface area contributed by atoms with E-state index in [9.17, 15) is 4.79 Å². The average Bonchev–Trinajstić information content (AvgIpc) is 2.40. The predicted octanol–water partition coefficient (Wildman–Crippen LogP) is 3.37. The molecule has 98 valence electrons. The maximum atomic E-state index is 12.0. The van der Waals surface area contributed by atoms with Gasteiger partial charge in [-0.2, -0.15) is 0 Å². The van der Waals surface area contributed by atoms with Crippen molar-refractivity contribution in [2.75, 3.05) is 17.2 Å². The van der Waals surface area contributed by atoms with Crippen LogP contribution in [0.5, 0.6) is 0 Å². The van der Waals surface area contributed by atoms with Gasteiger partial charge >= 0.3 is 0 Å². The molecular formula is C14H14IN3O. The summed E-state index contributed by atoms with van der Waals surface area (Å²) in [4.78, 5) is 16.1. The van der Waals surface area contributed by atoms with Crippen molar-refractivity contribution < 1.29 is 4.79 Å². The van der Waals surface area contributed by atoms with E-state index in [1.165, 1.54) is 0 Å². The molecule has 4 nitrogen and oxygen atoms in total. The Kier molecular flexibility index (Phi) is 4.73. The highest BCUT2D eigenvalue weighted by Crippen LogP contribution is 2.13. The fraction of sp³-hybridized carbons (Fsp3) is 0.143. The van der Waals surface area contributed by atoms with E-state index in [2.05, 4.69) is 38.2 Å². The number of nitrogens with one attached hydrogen (secondary N) is 2. The third kappa shape index (κ3) is 3.92. The van der Waals surface area contributed by atoms with Gasteiger partial charge in [-0.15, -0.1) is 0 Å². The normalized spacial score (nSPS) is 10.0. The summed E-state index contributed by atoms with van der Waals surface area (Å²) in [5.41, 5.74) is 2.09. The summed E-state index contributed by atoms with van der Waals surface area (Å²) in [5.74, 6) is -0.204. The van der Waals surface area contributed by atoms with Gasteiger partial charge in [-0.1, -0.05) is 6.07 Å². The summed E-state index contributed by atoms with van der Waals surface area (Å²) in [7, 11) is 0. The molecule has 0 aliphatic carbocycles. The van der Waals surface area contributed by atoms with E-state index in [4.69, 9.17) is 0 Å². The van der Waals surface area contributed by atoms with Crippen molar-refractivity contribution in [3.8, 4) is 0 Å². The minimum Gasteiger partial charge on any atom is -0.384 e. The smallest absolute Gasteiger partial charge is 0.274 e. The molecule has 0 fully saturated rings. The molecule has 1 aromatic heterocycles. The van der Waals surface area contributed by atoms with E-state index >= 15 is 0 Å². The number of benzene rings is 1. The summed E-state index contributed by atoms with van der Waals surface area (Å²) in [6, 6.07) is 11.2. The summed E-state index contributed by atoms with van der Waals surface area (Å²) in [5, 5.41) is 5.96. The zero-order valence-corrected chi connectivity index (χ0v) is 12.6. The fourth-order valence-corrected chi connectivity index (χ4v) is 2.14. The summed E-state index contributed by atoms with van der Waals surface area (Å²) in [6.45, 7) is 2.84. The molecule has 0 saturated heterocycles. The number of halogens is 1. The van der Waals surface area contributed by atoms with E-state index < -0.39 is 0 Å². The standard InChI is InChI=1S/C14H14IN3O/c1-2-16-12-6-7-13(17-9-12)14(19)18-11-5-3-4-10(15)8-11/h3-9,16H,2H2,1H3,(H,18,19). The van der Waals surface area contributed by atoms with Gasteiger partial charge in [0.2, 0.25) is 0 Å². The molecule has 2 rings (SSSR count). The maximum absolute atomic E-state index is 12.0. The van der Waals surface area contributed by atoms with Gasteiger partial charge in [0.25, 0.3) is 5.91 Å². The Morgan fingerprint density at radius 2 is 2.11 bits per heavy atom. The van der Waals surface area contributed by atoms with Gasteiger partial charge in [-0.25, -0.2) is 4.98 Å². The van der Waals surface area contributed by atoms with Crippen LogP contribution in [0, 0.1) is 3.57 Å². The van der Waals surface area contributed by atoms with Crippen LogP contribution < -0.4 is 10.6 Å². The first kappa shape index (κ1) is 13.8. The number of anilines is 2. The Labute approximate surface area is 125 Å². The van der Waals surface area contributed by atoms with Crippen LogP contribution in [0.3, 0.4) is 0 Å². The van der Waals surface area contributed by atoms with Gasteiger partial charge in [0.05, 0.1) is 11.9 Å². The van der Waals surface area contributed by atoms with Crippen molar-refractivity contribution in [2.45, 2.75) is 6.92 Å². The third-order valence-electron chi connectivity index (χ3n) is 2.46. The molecule has 2 N–H and O–H groups in total. The zero-order valence-electron chi connectivity index (χ0n) is 10.5. The van der Waals surface area contributed by atoms with Crippen LogP contribution >= 0.6 is 22.6 Å². The summed E-state index contributed by atoms with van der Waals surface area (Å²) < 4.78 is 1.07. The van der Waals surface area contributed by atoms with Crippen molar-refractivity contribution in [3.05, 3.63) is 51.9 Å². The molecule has 5 heteroatoms. The molecule has 0 saturated carbocycles. The van der Waals surface area contributed by atoms with E-state index in [0.29, 0.717) is 5.69 Å². The second kappa shape index (κ2) is 6.51. The molecule has 0 aliphatic heterocycles. The van der Waals surface area contributed by atoms with Crippen LogP contribution in [0.25, 0.3) is 0 Å². The quantitative estimate of drug-likeness (QED) is 0.815. The highest BCUT2D eigenvalue weighted by molar-refractivity contribution is 14.1. The molecule has 0 radical (unpaired) electrons. The SMILES string of the molecule is CCNc1ccc(C(=O)Nc2cccc(I)c2)nc1. The van der Waals surface area contributed by atoms with Crippen LogP contribution in [0.4, 0.5) is 11.4 Å². The molecule has 2 aromatic rings. The van der Waals surface area contributed by atoms with E-state index in [1.54, 1.807) is 12.3 Å². The first-order valence-electron chi connectivity index (χ1n) is 5.96. The van der Waals surface area contributed by atoms with E-state index in [0.717, 1.165) is 21.5 Å². The Hall–Kier alpha value is -1.63. The topological polar surface area (TPSA) is 54.0 Å². The summed E-state index contributed by atoms with van der Waals surface area (Å²) in [6.07, 6.45) is 1.66. The number of aromatic nitrogens is 1. The number of nitrogens with zero attached hydrogens (tertiary/aromatic N) is 1. The number of pyridine rings is 1. The van der Waals surface area contributed by atoms with E-state index in [-0.39, 0.29) is 5.91 Å². The number of carbonyl (C=O) groups excluding carboxylic acids is 1. The molecule has 1 aromatic carbocycles. The minimum absolute atomic E-state index is 0.204. The minimum atomic E-state index is -0.204. The molecule has 1 heterocycles.